The minimum Gasteiger partial charge on any atom is -0.449 e. The molecule has 0 aliphatic heterocycles. The van der Waals surface area contributed by atoms with Gasteiger partial charge in [0.1, 0.15) is 5.75 Å². The third-order valence-electron chi connectivity index (χ3n) is 2.41. The first kappa shape index (κ1) is 16.1. The van der Waals surface area contributed by atoms with Gasteiger partial charge in [0.15, 0.2) is 5.69 Å². The number of ether oxygens (including phenoxy) is 1. The molecule has 0 saturated heterocycles. The molecular formula is C12H4Cl2F3N3O2. The molecule has 0 atom stereocenters. The summed E-state index contributed by atoms with van der Waals surface area (Å²) in [6.45, 7) is 0. The van der Waals surface area contributed by atoms with Crippen molar-refractivity contribution < 1.29 is 17.9 Å². The molecule has 0 amide bonds. The number of nitrogens with zero attached hydrogens (tertiary/aromatic N) is 3. The molecule has 0 unspecified atom stereocenters. The summed E-state index contributed by atoms with van der Waals surface area (Å²) >= 11 is 10.8. The second-order valence-corrected chi connectivity index (χ2v) is 4.56. The van der Waals surface area contributed by atoms with Crippen molar-refractivity contribution >= 4 is 23.4 Å². The summed E-state index contributed by atoms with van der Waals surface area (Å²) in [6, 6.07) is 7.01. The minimum atomic E-state index is -4.98. The van der Waals surface area contributed by atoms with Gasteiger partial charge in [-0.3, -0.25) is 4.79 Å². The molecule has 10 heteroatoms. The van der Waals surface area contributed by atoms with Crippen LogP contribution in [0, 0.1) is 11.3 Å². The summed E-state index contributed by atoms with van der Waals surface area (Å²) in [5, 5.41) is 7.89. The Hall–Kier alpha value is -2.24. The third-order valence-corrected chi connectivity index (χ3v) is 3.06. The number of rotatable bonds is 2. The van der Waals surface area contributed by atoms with Crippen LogP contribution in [0.1, 0.15) is 11.3 Å². The summed E-state index contributed by atoms with van der Waals surface area (Å²) in [5.74, 6) is -1.29. The summed E-state index contributed by atoms with van der Waals surface area (Å²) < 4.78 is 44.0. The zero-order valence-corrected chi connectivity index (χ0v) is 11.9. The Kier molecular flexibility index (Phi) is 4.30. The fourth-order valence-electron chi connectivity index (χ4n) is 1.49. The second-order valence-electron chi connectivity index (χ2n) is 3.88. The highest BCUT2D eigenvalue weighted by Gasteiger charge is 2.39. The number of alkyl halides is 3. The van der Waals surface area contributed by atoms with Crippen LogP contribution in [0.2, 0.25) is 5.28 Å². The lowest BCUT2D eigenvalue weighted by molar-refractivity contribution is -0.142. The highest BCUT2D eigenvalue weighted by molar-refractivity contribution is 6.32. The van der Waals surface area contributed by atoms with Crippen LogP contribution in [0.5, 0.6) is 11.5 Å². The molecule has 22 heavy (non-hydrogen) atoms. The van der Waals surface area contributed by atoms with Crippen molar-refractivity contribution in [1.82, 2.24) is 9.07 Å². The lowest BCUT2D eigenvalue weighted by Gasteiger charge is -2.13. The van der Waals surface area contributed by atoms with Crippen LogP contribution >= 0.6 is 23.4 Å². The highest BCUT2D eigenvalue weighted by atomic mass is 35.5. The number of hydrogen-bond donors (Lipinski definition) is 0. The smallest absolute Gasteiger partial charge is 0.437 e. The standard InChI is InChI=1S/C12H4Cl2F3N3O2/c13-11-19-9(12(15,16)17)8(10(21)20(11)14)22-7-3-1-2-6(4-7)5-18/h1-4H. The Labute approximate surface area is 131 Å². The van der Waals surface area contributed by atoms with Gasteiger partial charge in [0.25, 0.3) is 0 Å². The molecular weight excluding hydrogens is 346 g/mol. The molecule has 0 aliphatic rings. The van der Waals surface area contributed by atoms with Gasteiger partial charge < -0.3 is 4.74 Å². The molecule has 0 aliphatic carbocycles. The van der Waals surface area contributed by atoms with Crippen LogP contribution in [0.15, 0.2) is 29.1 Å². The molecule has 5 nitrogen and oxygen atoms in total. The van der Waals surface area contributed by atoms with Crippen molar-refractivity contribution in [2.45, 2.75) is 6.18 Å². The lowest BCUT2D eigenvalue weighted by atomic mass is 10.2. The van der Waals surface area contributed by atoms with Crippen molar-refractivity contribution in [3.05, 3.63) is 51.2 Å². The van der Waals surface area contributed by atoms with Crippen LogP contribution in [0.3, 0.4) is 0 Å². The Morgan fingerprint density at radius 1 is 1.36 bits per heavy atom. The van der Waals surface area contributed by atoms with Gasteiger partial charge >= 0.3 is 11.7 Å². The molecule has 0 radical (unpaired) electrons. The highest BCUT2D eigenvalue weighted by Crippen LogP contribution is 2.35. The van der Waals surface area contributed by atoms with Crippen molar-refractivity contribution in [2.75, 3.05) is 0 Å². The topological polar surface area (TPSA) is 67.9 Å². The first-order chi connectivity index (χ1) is 10.2. The average Bonchev–Trinajstić information content (AvgIpc) is 2.46. The van der Waals surface area contributed by atoms with E-state index in [4.69, 9.17) is 33.4 Å². The summed E-state index contributed by atoms with van der Waals surface area (Å²) in [4.78, 5) is 14.9. The Balaban J connectivity index is 2.61. The molecule has 2 rings (SSSR count). The molecule has 1 aromatic carbocycles. The third kappa shape index (κ3) is 3.16. The van der Waals surface area contributed by atoms with E-state index in [0.29, 0.717) is 0 Å². The van der Waals surface area contributed by atoms with Crippen LogP contribution in [0.4, 0.5) is 13.2 Å². The largest absolute Gasteiger partial charge is 0.449 e. The van der Waals surface area contributed by atoms with Crippen molar-refractivity contribution in [1.29, 1.82) is 5.26 Å². The van der Waals surface area contributed by atoms with E-state index in [1.165, 1.54) is 18.2 Å². The predicted molar refractivity (Wildman–Crippen MR) is 71.0 cm³/mol. The molecule has 114 valence electrons. The van der Waals surface area contributed by atoms with Gasteiger partial charge in [-0.2, -0.15) is 22.5 Å². The second kappa shape index (κ2) is 5.87. The van der Waals surface area contributed by atoms with E-state index in [9.17, 15) is 18.0 Å². The number of benzene rings is 1. The molecule has 0 fully saturated rings. The van der Waals surface area contributed by atoms with Gasteiger partial charge in [0.2, 0.25) is 11.0 Å². The van der Waals surface area contributed by atoms with Crippen molar-refractivity contribution in [3.63, 3.8) is 0 Å². The maximum Gasteiger partial charge on any atom is 0.437 e. The van der Waals surface area contributed by atoms with Crippen LogP contribution in [-0.2, 0) is 6.18 Å². The molecule has 0 bridgehead atoms. The van der Waals surface area contributed by atoms with Crippen LogP contribution < -0.4 is 10.3 Å². The zero-order valence-electron chi connectivity index (χ0n) is 10.4. The monoisotopic (exact) mass is 349 g/mol. The maximum atomic E-state index is 12.9. The summed E-state index contributed by atoms with van der Waals surface area (Å²) in [7, 11) is 0. The molecule has 1 heterocycles. The van der Waals surface area contributed by atoms with Crippen molar-refractivity contribution in [3.8, 4) is 17.6 Å². The Morgan fingerprint density at radius 3 is 2.64 bits per heavy atom. The quantitative estimate of drug-likeness (QED) is 0.777. The van der Waals surface area contributed by atoms with Crippen molar-refractivity contribution in [2.24, 2.45) is 0 Å². The summed E-state index contributed by atoms with van der Waals surface area (Å²) in [5.41, 5.74) is -2.79. The molecule has 2 aromatic rings. The van der Waals surface area contributed by atoms with Gasteiger partial charge in [-0.1, -0.05) is 6.07 Å². The first-order valence-corrected chi connectivity index (χ1v) is 6.19. The summed E-state index contributed by atoms with van der Waals surface area (Å²) in [6.07, 6.45) is -4.98. The molecule has 0 saturated carbocycles. The SMILES string of the molecule is N#Cc1cccc(Oc2c(C(F)(F)F)nc(Cl)n(Cl)c2=O)c1. The van der Waals surface area contributed by atoms with E-state index < -0.39 is 28.5 Å². The first-order valence-electron chi connectivity index (χ1n) is 5.48. The van der Waals surface area contributed by atoms with E-state index in [1.807, 2.05) is 0 Å². The van der Waals surface area contributed by atoms with Gasteiger partial charge in [-0.05, 0) is 29.8 Å². The zero-order chi connectivity index (χ0) is 16.5. The lowest BCUT2D eigenvalue weighted by Crippen LogP contribution is -2.23. The van der Waals surface area contributed by atoms with Gasteiger partial charge in [0.05, 0.1) is 11.6 Å². The Morgan fingerprint density at radius 2 is 2.05 bits per heavy atom. The van der Waals surface area contributed by atoms with Crippen LogP contribution in [0.25, 0.3) is 0 Å². The van der Waals surface area contributed by atoms with E-state index in [2.05, 4.69) is 4.98 Å². The molecule has 0 spiro atoms. The number of nitriles is 1. The Bertz CT molecular complexity index is 828. The van der Waals surface area contributed by atoms with E-state index in [1.54, 1.807) is 6.07 Å². The fourth-order valence-corrected chi connectivity index (χ4v) is 1.77. The average molecular weight is 350 g/mol. The maximum absolute atomic E-state index is 12.9. The predicted octanol–water partition coefficient (Wildman–Crippen LogP) is 3.58. The van der Waals surface area contributed by atoms with E-state index in [-0.39, 0.29) is 15.4 Å². The molecule has 1 aromatic heterocycles. The van der Waals surface area contributed by atoms with Gasteiger partial charge in [0, 0.05) is 11.8 Å². The number of halogens is 5. The minimum absolute atomic E-state index is 0.138. The van der Waals surface area contributed by atoms with Gasteiger partial charge in [-0.15, -0.1) is 0 Å². The van der Waals surface area contributed by atoms with E-state index in [0.717, 1.165) is 6.07 Å². The number of aromatic nitrogens is 2. The van der Waals surface area contributed by atoms with Crippen LogP contribution in [-0.4, -0.2) is 9.07 Å². The normalized spacial score (nSPS) is 11.1. The fraction of sp³-hybridized carbons (Fsp3) is 0.0833. The number of hydrogen-bond acceptors (Lipinski definition) is 4. The van der Waals surface area contributed by atoms with E-state index >= 15 is 0 Å². The van der Waals surface area contributed by atoms with Gasteiger partial charge in [-0.25, -0.2) is 4.98 Å². The molecule has 0 N–H and O–H groups in total.